The van der Waals surface area contributed by atoms with Gasteiger partial charge in [0.15, 0.2) is 0 Å². The Kier molecular flexibility index (Phi) is 5.58. The van der Waals surface area contributed by atoms with Gasteiger partial charge in [-0.1, -0.05) is 18.6 Å². The van der Waals surface area contributed by atoms with E-state index in [2.05, 4.69) is 5.32 Å². The Balaban J connectivity index is 1.66. The van der Waals surface area contributed by atoms with Gasteiger partial charge >= 0.3 is 0 Å². The molecule has 1 aliphatic heterocycles. The fourth-order valence-corrected chi connectivity index (χ4v) is 3.53. The van der Waals surface area contributed by atoms with E-state index in [1.54, 1.807) is 0 Å². The maximum absolute atomic E-state index is 11.8. The Morgan fingerprint density at radius 1 is 1.42 bits per heavy atom. The topological polar surface area (TPSA) is 55.1 Å². The number of hydrogen-bond donors (Lipinski definition) is 2. The molecule has 19 heavy (non-hydrogen) atoms. The van der Waals surface area contributed by atoms with Crippen molar-refractivity contribution in [1.82, 2.24) is 5.32 Å². The third-order valence-electron chi connectivity index (χ3n) is 3.39. The summed E-state index contributed by atoms with van der Waals surface area (Å²) in [4.78, 5) is 11.8. The molecular formula is C15H22N2OS. The summed E-state index contributed by atoms with van der Waals surface area (Å²) in [5, 5.41) is 3.66. The maximum Gasteiger partial charge on any atom is 0.220 e. The van der Waals surface area contributed by atoms with Gasteiger partial charge in [-0.15, -0.1) is 0 Å². The van der Waals surface area contributed by atoms with Gasteiger partial charge in [0.25, 0.3) is 0 Å². The van der Waals surface area contributed by atoms with Gasteiger partial charge in [-0.05, 0) is 42.7 Å². The number of anilines is 1. The van der Waals surface area contributed by atoms with Crippen molar-refractivity contribution in [2.75, 3.05) is 18.0 Å². The molecule has 104 valence electrons. The van der Waals surface area contributed by atoms with E-state index < -0.39 is 0 Å². The summed E-state index contributed by atoms with van der Waals surface area (Å²) in [6.45, 7) is 0.820. The molecule has 1 unspecified atom stereocenters. The molecule has 2 rings (SSSR count). The highest BCUT2D eigenvalue weighted by molar-refractivity contribution is 7.99. The van der Waals surface area contributed by atoms with Crippen molar-refractivity contribution in [3.63, 3.8) is 0 Å². The first-order chi connectivity index (χ1) is 9.24. The van der Waals surface area contributed by atoms with Gasteiger partial charge in [0, 0.05) is 23.9 Å². The number of hydrogen-bond acceptors (Lipinski definition) is 3. The molecule has 4 heteroatoms. The number of nitrogen functional groups attached to an aromatic ring is 1. The Morgan fingerprint density at radius 3 is 3.05 bits per heavy atom. The van der Waals surface area contributed by atoms with Crippen molar-refractivity contribution < 1.29 is 4.79 Å². The van der Waals surface area contributed by atoms with Gasteiger partial charge in [0.1, 0.15) is 0 Å². The van der Waals surface area contributed by atoms with Gasteiger partial charge in [-0.3, -0.25) is 4.79 Å². The average Bonchev–Trinajstić information content (AvgIpc) is 2.44. The van der Waals surface area contributed by atoms with E-state index in [4.69, 9.17) is 5.73 Å². The number of nitrogens with two attached hydrogens (primary N) is 1. The van der Waals surface area contributed by atoms with Crippen LogP contribution in [0.1, 0.15) is 31.2 Å². The summed E-state index contributed by atoms with van der Waals surface area (Å²) < 4.78 is 0. The lowest BCUT2D eigenvalue weighted by Crippen LogP contribution is -2.32. The molecule has 0 radical (unpaired) electrons. The summed E-state index contributed by atoms with van der Waals surface area (Å²) in [7, 11) is 0. The zero-order valence-corrected chi connectivity index (χ0v) is 12.0. The molecule has 0 aliphatic carbocycles. The fourth-order valence-electron chi connectivity index (χ4n) is 2.29. The molecular weight excluding hydrogens is 256 g/mol. The van der Waals surface area contributed by atoms with Crippen molar-refractivity contribution in [2.24, 2.45) is 0 Å². The maximum atomic E-state index is 11.8. The van der Waals surface area contributed by atoms with Gasteiger partial charge < -0.3 is 11.1 Å². The monoisotopic (exact) mass is 278 g/mol. The van der Waals surface area contributed by atoms with E-state index in [1.165, 1.54) is 25.0 Å². The van der Waals surface area contributed by atoms with Crippen LogP contribution in [0.25, 0.3) is 0 Å². The van der Waals surface area contributed by atoms with Crippen LogP contribution < -0.4 is 11.1 Å². The minimum absolute atomic E-state index is 0.147. The van der Waals surface area contributed by atoms with Crippen LogP contribution in [0.15, 0.2) is 24.3 Å². The first kappa shape index (κ1) is 14.3. The summed E-state index contributed by atoms with van der Waals surface area (Å²) in [6.07, 6.45) is 5.16. The van der Waals surface area contributed by atoms with Crippen LogP contribution in [0, 0.1) is 0 Å². The predicted octanol–water partition coefficient (Wildman–Crippen LogP) is 2.60. The molecule has 1 fully saturated rings. The van der Waals surface area contributed by atoms with Crippen molar-refractivity contribution in [3.05, 3.63) is 29.8 Å². The molecule has 3 nitrogen and oxygen atoms in total. The van der Waals surface area contributed by atoms with Crippen molar-refractivity contribution >= 4 is 23.4 Å². The van der Waals surface area contributed by atoms with E-state index in [9.17, 15) is 4.79 Å². The number of carbonyl (C=O) groups excluding carboxylic acids is 1. The van der Waals surface area contributed by atoms with E-state index >= 15 is 0 Å². The largest absolute Gasteiger partial charge is 0.399 e. The van der Waals surface area contributed by atoms with E-state index in [1.807, 2.05) is 36.0 Å². The Morgan fingerprint density at radius 2 is 2.32 bits per heavy atom. The van der Waals surface area contributed by atoms with Crippen LogP contribution in [0.4, 0.5) is 5.69 Å². The second-order valence-electron chi connectivity index (χ2n) is 5.04. The summed E-state index contributed by atoms with van der Waals surface area (Å²) in [5.74, 6) is 1.39. The first-order valence-electron chi connectivity index (χ1n) is 6.97. The van der Waals surface area contributed by atoms with Crippen molar-refractivity contribution in [3.8, 4) is 0 Å². The lowest BCUT2D eigenvalue weighted by molar-refractivity contribution is -0.121. The molecule has 0 saturated carbocycles. The lowest BCUT2D eigenvalue weighted by atomic mass is 10.1. The van der Waals surface area contributed by atoms with Crippen LogP contribution in [-0.4, -0.2) is 23.5 Å². The summed E-state index contributed by atoms with van der Waals surface area (Å²) >= 11 is 1.99. The normalized spacial score (nSPS) is 19.1. The third kappa shape index (κ3) is 5.15. The minimum Gasteiger partial charge on any atom is -0.399 e. The van der Waals surface area contributed by atoms with Crippen LogP contribution in [0.2, 0.25) is 0 Å². The fraction of sp³-hybridized carbons (Fsp3) is 0.533. The molecule has 0 bridgehead atoms. The smallest absolute Gasteiger partial charge is 0.220 e. The second-order valence-corrected chi connectivity index (χ2v) is 6.45. The number of carbonyl (C=O) groups is 1. The molecule has 1 aliphatic rings. The standard InChI is InChI=1S/C15H22N2OS/c16-13-5-3-4-12(10-13)7-8-15(18)17-11-14-6-1-2-9-19-14/h3-5,10,14H,1-2,6-9,11,16H2,(H,17,18). The molecule has 0 spiro atoms. The lowest BCUT2D eigenvalue weighted by Gasteiger charge is -2.21. The minimum atomic E-state index is 0.147. The third-order valence-corrected chi connectivity index (χ3v) is 4.79. The van der Waals surface area contributed by atoms with Crippen LogP contribution in [0.3, 0.4) is 0 Å². The number of nitrogens with one attached hydrogen (secondary N) is 1. The van der Waals surface area contributed by atoms with E-state index in [-0.39, 0.29) is 5.91 Å². The Bertz CT molecular complexity index is 416. The van der Waals surface area contributed by atoms with Gasteiger partial charge in [-0.25, -0.2) is 0 Å². The predicted molar refractivity (Wildman–Crippen MR) is 82.3 cm³/mol. The number of benzene rings is 1. The van der Waals surface area contributed by atoms with Crippen molar-refractivity contribution in [2.45, 2.75) is 37.4 Å². The molecule has 1 saturated heterocycles. The highest BCUT2D eigenvalue weighted by Crippen LogP contribution is 2.24. The number of thioether (sulfide) groups is 1. The molecule has 3 N–H and O–H groups in total. The van der Waals surface area contributed by atoms with Gasteiger partial charge in [0.2, 0.25) is 5.91 Å². The number of aryl methyl sites for hydroxylation is 1. The molecule has 1 aromatic carbocycles. The number of amides is 1. The van der Waals surface area contributed by atoms with Crippen LogP contribution in [0.5, 0.6) is 0 Å². The van der Waals surface area contributed by atoms with E-state index in [0.29, 0.717) is 11.7 Å². The average molecular weight is 278 g/mol. The molecule has 1 amide bonds. The highest BCUT2D eigenvalue weighted by atomic mass is 32.2. The van der Waals surface area contributed by atoms with Gasteiger partial charge in [-0.2, -0.15) is 11.8 Å². The molecule has 0 aromatic heterocycles. The Hall–Kier alpha value is -1.16. The summed E-state index contributed by atoms with van der Waals surface area (Å²) in [5.41, 5.74) is 7.61. The SMILES string of the molecule is Nc1cccc(CCC(=O)NCC2CCCCS2)c1. The highest BCUT2D eigenvalue weighted by Gasteiger charge is 2.14. The summed E-state index contributed by atoms with van der Waals surface area (Å²) in [6, 6.07) is 7.75. The molecule has 1 aromatic rings. The van der Waals surface area contributed by atoms with Crippen LogP contribution in [-0.2, 0) is 11.2 Å². The van der Waals surface area contributed by atoms with E-state index in [0.717, 1.165) is 24.2 Å². The van der Waals surface area contributed by atoms with Gasteiger partial charge in [0.05, 0.1) is 0 Å². The first-order valence-corrected chi connectivity index (χ1v) is 8.01. The Labute approximate surface area is 119 Å². The van der Waals surface area contributed by atoms with Crippen molar-refractivity contribution in [1.29, 1.82) is 0 Å². The van der Waals surface area contributed by atoms with Crippen LogP contribution >= 0.6 is 11.8 Å². The number of rotatable bonds is 5. The quantitative estimate of drug-likeness (QED) is 0.814. The molecule has 1 heterocycles. The second kappa shape index (κ2) is 7.43. The zero-order chi connectivity index (χ0) is 13.5. The molecule has 1 atom stereocenters. The zero-order valence-electron chi connectivity index (χ0n) is 11.2.